The zero-order valence-electron chi connectivity index (χ0n) is 20.1. The molecule has 10 nitrogen and oxygen atoms in total. The first kappa shape index (κ1) is 24.2. The molecule has 2 N–H and O–H groups in total. The molecule has 0 unspecified atom stereocenters. The first-order valence-electron chi connectivity index (χ1n) is 11.5. The van der Waals surface area contributed by atoms with Crippen molar-refractivity contribution in [1.82, 2.24) is 9.97 Å². The standard InChI is InChI=1S/C28H21N5O5/c1-37-27(34)18-7-9-19(10-8-18)29-26-24-17-21(33(35)36)13-16-25(24)31-28(32-26)30-20-11-14-23(15-12-20)38-22-5-3-2-4-6-22/h2-17H,1H3,(H2,29,30,31,32). The number of nitrogens with one attached hydrogen (secondary N) is 2. The van der Waals surface area contributed by atoms with Crippen molar-refractivity contribution in [2.75, 3.05) is 17.7 Å². The average Bonchev–Trinajstić information content (AvgIpc) is 2.94. The fourth-order valence-electron chi connectivity index (χ4n) is 3.69. The van der Waals surface area contributed by atoms with Crippen molar-refractivity contribution in [2.24, 2.45) is 0 Å². The lowest BCUT2D eigenvalue weighted by Gasteiger charge is -2.13. The number of hydrogen-bond acceptors (Lipinski definition) is 9. The minimum Gasteiger partial charge on any atom is -0.465 e. The molecule has 10 heteroatoms. The largest absolute Gasteiger partial charge is 0.465 e. The molecular formula is C28H21N5O5. The summed E-state index contributed by atoms with van der Waals surface area (Å²) in [6.07, 6.45) is 0. The van der Waals surface area contributed by atoms with Gasteiger partial charge in [-0.05, 0) is 66.7 Å². The Hall–Kier alpha value is -5.51. The maximum absolute atomic E-state index is 11.7. The number of fused-ring (bicyclic) bond motifs is 1. The van der Waals surface area contributed by atoms with Gasteiger partial charge in [0.15, 0.2) is 0 Å². The molecule has 1 aromatic heterocycles. The van der Waals surface area contributed by atoms with Crippen LogP contribution in [0.1, 0.15) is 10.4 Å². The predicted molar refractivity (Wildman–Crippen MR) is 143 cm³/mol. The van der Waals surface area contributed by atoms with Gasteiger partial charge in [0.2, 0.25) is 5.95 Å². The van der Waals surface area contributed by atoms with Gasteiger partial charge in [0.05, 0.1) is 23.1 Å². The van der Waals surface area contributed by atoms with E-state index in [1.807, 2.05) is 54.6 Å². The van der Waals surface area contributed by atoms with Crippen LogP contribution >= 0.6 is 0 Å². The number of carbonyl (C=O) groups excluding carboxylic acids is 1. The molecule has 0 atom stereocenters. The van der Waals surface area contributed by atoms with Crippen LogP contribution in [0.25, 0.3) is 10.9 Å². The highest BCUT2D eigenvalue weighted by atomic mass is 16.6. The number of anilines is 4. The number of nitro groups is 1. The number of hydrogen-bond donors (Lipinski definition) is 2. The molecule has 0 radical (unpaired) electrons. The summed E-state index contributed by atoms with van der Waals surface area (Å²) in [7, 11) is 1.31. The Morgan fingerprint density at radius 1 is 0.816 bits per heavy atom. The van der Waals surface area contributed by atoms with E-state index in [9.17, 15) is 14.9 Å². The van der Waals surface area contributed by atoms with Gasteiger partial charge in [-0.15, -0.1) is 0 Å². The molecule has 1 heterocycles. The number of non-ortho nitro benzene ring substituents is 1. The number of methoxy groups -OCH3 is 1. The lowest BCUT2D eigenvalue weighted by molar-refractivity contribution is -0.384. The number of carbonyl (C=O) groups is 1. The van der Waals surface area contributed by atoms with Crippen molar-refractivity contribution in [1.29, 1.82) is 0 Å². The van der Waals surface area contributed by atoms with Crippen LogP contribution in [0, 0.1) is 10.1 Å². The van der Waals surface area contributed by atoms with Gasteiger partial charge in [0.25, 0.3) is 5.69 Å². The van der Waals surface area contributed by atoms with E-state index in [0.29, 0.717) is 33.7 Å². The number of rotatable bonds is 8. The molecule has 0 aliphatic carbocycles. The van der Waals surface area contributed by atoms with Crippen molar-refractivity contribution < 1.29 is 19.2 Å². The SMILES string of the molecule is COC(=O)c1ccc(Nc2nc(Nc3ccc(Oc4ccccc4)cc3)nc3ccc([N+](=O)[O-])cc23)cc1. The molecule has 38 heavy (non-hydrogen) atoms. The summed E-state index contributed by atoms with van der Waals surface area (Å²) in [5, 5.41) is 18.2. The summed E-state index contributed by atoms with van der Waals surface area (Å²) < 4.78 is 10.6. The van der Waals surface area contributed by atoms with Crippen molar-refractivity contribution in [3.63, 3.8) is 0 Å². The van der Waals surface area contributed by atoms with Crippen molar-refractivity contribution in [2.45, 2.75) is 0 Å². The molecule has 0 amide bonds. The molecule has 0 fully saturated rings. The zero-order chi connectivity index (χ0) is 26.5. The first-order valence-corrected chi connectivity index (χ1v) is 11.5. The third-order valence-electron chi connectivity index (χ3n) is 5.55. The second-order valence-electron chi connectivity index (χ2n) is 8.11. The van der Waals surface area contributed by atoms with Crippen molar-refractivity contribution in [3.05, 3.63) is 113 Å². The molecule has 4 aromatic carbocycles. The number of ether oxygens (including phenoxy) is 2. The quantitative estimate of drug-likeness (QED) is 0.135. The van der Waals surface area contributed by atoms with Gasteiger partial charge in [-0.2, -0.15) is 4.98 Å². The maximum atomic E-state index is 11.7. The third-order valence-corrected chi connectivity index (χ3v) is 5.55. The van der Waals surface area contributed by atoms with Gasteiger partial charge < -0.3 is 20.1 Å². The molecule has 0 aliphatic heterocycles. The van der Waals surface area contributed by atoms with Gasteiger partial charge in [-0.1, -0.05) is 18.2 Å². The Morgan fingerprint density at radius 2 is 1.47 bits per heavy atom. The van der Waals surface area contributed by atoms with Crippen LogP contribution in [0.2, 0.25) is 0 Å². The lowest BCUT2D eigenvalue weighted by atomic mass is 10.2. The number of para-hydroxylation sites is 1. The number of benzene rings is 4. The van der Waals surface area contributed by atoms with E-state index < -0.39 is 10.9 Å². The van der Waals surface area contributed by atoms with Crippen molar-refractivity contribution >= 4 is 45.7 Å². The second-order valence-corrected chi connectivity index (χ2v) is 8.11. The monoisotopic (exact) mass is 507 g/mol. The number of nitro benzene ring substituents is 1. The van der Waals surface area contributed by atoms with Crippen molar-refractivity contribution in [3.8, 4) is 11.5 Å². The molecule has 0 spiro atoms. The van der Waals surface area contributed by atoms with Crippen LogP contribution in [0.3, 0.4) is 0 Å². The van der Waals surface area contributed by atoms with Crippen LogP contribution in [-0.4, -0.2) is 28.0 Å². The molecule has 0 aliphatic rings. The molecule has 0 bridgehead atoms. The summed E-state index contributed by atoms with van der Waals surface area (Å²) in [5.41, 5.74) is 2.16. The third kappa shape index (κ3) is 5.49. The van der Waals surface area contributed by atoms with Gasteiger partial charge >= 0.3 is 5.97 Å². The Bertz CT molecular complexity index is 1610. The van der Waals surface area contributed by atoms with Gasteiger partial charge in [0, 0.05) is 28.9 Å². The maximum Gasteiger partial charge on any atom is 0.337 e. The van der Waals surface area contributed by atoms with E-state index in [2.05, 4.69) is 20.6 Å². The molecular weight excluding hydrogens is 486 g/mol. The van der Waals surface area contributed by atoms with E-state index >= 15 is 0 Å². The first-order chi connectivity index (χ1) is 18.5. The highest BCUT2D eigenvalue weighted by molar-refractivity contribution is 5.94. The van der Waals surface area contributed by atoms with Crippen LogP contribution in [0.4, 0.5) is 28.8 Å². The van der Waals surface area contributed by atoms with Crippen LogP contribution < -0.4 is 15.4 Å². The second kappa shape index (κ2) is 10.6. The zero-order valence-corrected chi connectivity index (χ0v) is 20.1. The number of aromatic nitrogens is 2. The topological polar surface area (TPSA) is 129 Å². The van der Waals surface area contributed by atoms with Crippen LogP contribution in [-0.2, 0) is 4.74 Å². The Labute approximate surface area is 217 Å². The normalized spacial score (nSPS) is 10.6. The van der Waals surface area contributed by atoms with Gasteiger partial charge in [0.1, 0.15) is 17.3 Å². The molecule has 5 rings (SSSR count). The highest BCUT2D eigenvalue weighted by Gasteiger charge is 2.14. The van der Waals surface area contributed by atoms with Gasteiger partial charge in [-0.25, -0.2) is 9.78 Å². The molecule has 5 aromatic rings. The minimum atomic E-state index is -0.473. The Kier molecular flexibility index (Phi) is 6.77. The Morgan fingerprint density at radius 3 is 2.16 bits per heavy atom. The molecule has 0 saturated carbocycles. The summed E-state index contributed by atoms with van der Waals surface area (Å²) in [5.74, 6) is 1.60. The minimum absolute atomic E-state index is 0.0834. The molecule has 0 saturated heterocycles. The summed E-state index contributed by atoms with van der Waals surface area (Å²) in [6, 6.07) is 27.8. The fourth-order valence-corrected chi connectivity index (χ4v) is 3.69. The average molecular weight is 508 g/mol. The number of nitrogens with zero attached hydrogens (tertiary/aromatic N) is 3. The smallest absolute Gasteiger partial charge is 0.337 e. The molecule has 188 valence electrons. The highest BCUT2D eigenvalue weighted by Crippen LogP contribution is 2.30. The summed E-state index contributed by atoms with van der Waals surface area (Å²) >= 11 is 0. The fraction of sp³-hybridized carbons (Fsp3) is 0.0357. The van der Waals surface area contributed by atoms with Crippen LogP contribution in [0.5, 0.6) is 11.5 Å². The van der Waals surface area contributed by atoms with Crippen LogP contribution in [0.15, 0.2) is 97.1 Å². The van der Waals surface area contributed by atoms with Gasteiger partial charge in [-0.3, -0.25) is 10.1 Å². The lowest BCUT2D eigenvalue weighted by Crippen LogP contribution is -2.04. The Balaban J connectivity index is 1.44. The van der Waals surface area contributed by atoms with E-state index in [4.69, 9.17) is 9.47 Å². The van der Waals surface area contributed by atoms with E-state index in [0.717, 1.165) is 11.4 Å². The number of esters is 1. The van der Waals surface area contributed by atoms with E-state index in [-0.39, 0.29) is 11.6 Å². The predicted octanol–water partition coefficient (Wildman–Crippen LogP) is 6.60. The van der Waals surface area contributed by atoms with E-state index in [1.54, 1.807) is 30.3 Å². The van der Waals surface area contributed by atoms with E-state index in [1.165, 1.54) is 19.2 Å². The summed E-state index contributed by atoms with van der Waals surface area (Å²) in [6.45, 7) is 0. The summed E-state index contributed by atoms with van der Waals surface area (Å²) in [4.78, 5) is 31.8.